The van der Waals surface area contributed by atoms with Crippen molar-refractivity contribution in [2.75, 3.05) is 0 Å². The first-order chi connectivity index (χ1) is 13.6. The van der Waals surface area contributed by atoms with Gasteiger partial charge in [0.1, 0.15) is 11.6 Å². The van der Waals surface area contributed by atoms with Gasteiger partial charge in [0.25, 0.3) is 0 Å². The van der Waals surface area contributed by atoms with Crippen molar-refractivity contribution in [2.24, 2.45) is 0 Å². The van der Waals surface area contributed by atoms with E-state index in [4.69, 9.17) is 0 Å². The summed E-state index contributed by atoms with van der Waals surface area (Å²) in [6.07, 6.45) is -10.5. The number of carboxylic acid groups (broad SMARTS) is 2. The number of carbonyl (C=O) groups is 2. The van der Waals surface area contributed by atoms with Crippen LogP contribution >= 0.6 is 0 Å². The van der Waals surface area contributed by atoms with Crippen molar-refractivity contribution in [2.45, 2.75) is 12.4 Å². The zero-order chi connectivity index (χ0) is 23.0. The first-order valence-electron chi connectivity index (χ1n) is 7.59. The number of aliphatic carboxylic acids is 2. The molecule has 0 saturated carbocycles. The SMILES string of the molecule is O=C(O)C(=C(C(=O)O)c1ccc(F)c(C(F)(F)F)c1)c1ccc(F)c(C(F)(F)F)c1. The van der Waals surface area contributed by atoms with Crippen molar-refractivity contribution >= 4 is 23.1 Å². The number of benzene rings is 2. The Morgan fingerprint density at radius 1 is 0.633 bits per heavy atom. The van der Waals surface area contributed by atoms with Gasteiger partial charge in [-0.2, -0.15) is 26.3 Å². The summed E-state index contributed by atoms with van der Waals surface area (Å²) < 4.78 is 104. The maximum Gasteiger partial charge on any atom is 0.419 e. The zero-order valence-corrected chi connectivity index (χ0v) is 14.2. The van der Waals surface area contributed by atoms with Gasteiger partial charge in [0.15, 0.2) is 0 Å². The summed E-state index contributed by atoms with van der Waals surface area (Å²) in [5.41, 5.74) is -8.42. The molecule has 0 aliphatic rings. The lowest BCUT2D eigenvalue weighted by atomic mass is 9.92. The Bertz CT molecular complexity index is 968. The molecule has 0 radical (unpaired) electrons. The van der Waals surface area contributed by atoms with Crippen LogP contribution in [0.25, 0.3) is 11.1 Å². The molecule has 160 valence electrons. The third-order valence-electron chi connectivity index (χ3n) is 3.80. The van der Waals surface area contributed by atoms with E-state index in [0.29, 0.717) is 12.1 Å². The van der Waals surface area contributed by atoms with Gasteiger partial charge in [0.2, 0.25) is 0 Å². The minimum absolute atomic E-state index is 0.00984. The molecule has 0 atom stereocenters. The molecular formula is C18H8F8O4. The summed E-state index contributed by atoms with van der Waals surface area (Å²) in [5.74, 6) is -7.81. The second-order valence-electron chi connectivity index (χ2n) is 5.75. The fourth-order valence-electron chi connectivity index (χ4n) is 2.55. The van der Waals surface area contributed by atoms with Crippen molar-refractivity contribution in [3.05, 3.63) is 70.3 Å². The lowest BCUT2D eigenvalue weighted by Gasteiger charge is -2.15. The van der Waals surface area contributed by atoms with E-state index in [0.717, 1.165) is 0 Å². The average molecular weight is 440 g/mol. The highest BCUT2D eigenvalue weighted by molar-refractivity contribution is 6.36. The molecule has 0 unspecified atom stereocenters. The van der Waals surface area contributed by atoms with E-state index in [9.17, 15) is 54.9 Å². The van der Waals surface area contributed by atoms with Crippen molar-refractivity contribution in [1.82, 2.24) is 0 Å². The van der Waals surface area contributed by atoms with Gasteiger partial charge in [-0.1, -0.05) is 12.1 Å². The number of hydrogen-bond acceptors (Lipinski definition) is 2. The second-order valence-corrected chi connectivity index (χ2v) is 5.75. The first kappa shape index (κ1) is 22.8. The third-order valence-corrected chi connectivity index (χ3v) is 3.80. The molecule has 12 heteroatoms. The standard InChI is InChI=1S/C18H8F8O4/c19-11-3-1-7(5-9(11)17(21,22)23)13(15(27)28)14(16(29)30)8-2-4-12(20)10(6-8)18(24,25)26/h1-6H,(H,27,28)(H,29,30). The lowest BCUT2D eigenvalue weighted by molar-refractivity contribution is -0.140. The number of hydrogen-bond donors (Lipinski definition) is 2. The van der Waals surface area contributed by atoms with E-state index in [1.54, 1.807) is 0 Å². The van der Waals surface area contributed by atoms with E-state index < -0.39 is 69.3 Å². The van der Waals surface area contributed by atoms with Crippen LogP contribution in [0.3, 0.4) is 0 Å². The molecule has 0 bridgehead atoms. The van der Waals surface area contributed by atoms with Crippen LogP contribution in [0, 0.1) is 11.6 Å². The van der Waals surface area contributed by atoms with Crippen LogP contribution in [-0.4, -0.2) is 22.2 Å². The van der Waals surface area contributed by atoms with Crippen LogP contribution in [0.1, 0.15) is 22.3 Å². The quantitative estimate of drug-likeness (QED) is 0.395. The molecule has 0 saturated heterocycles. The fourth-order valence-corrected chi connectivity index (χ4v) is 2.55. The Hall–Kier alpha value is -3.44. The van der Waals surface area contributed by atoms with Gasteiger partial charge < -0.3 is 10.2 Å². The van der Waals surface area contributed by atoms with Crippen LogP contribution in [0.2, 0.25) is 0 Å². The van der Waals surface area contributed by atoms with Crippen molar-refractivity contribution in [3.63, 3.8) is 0 Å². The fraction of sp³-hybridized carbons (Fsp3) is 0.111. The smallest absolute Gasteiger partial charge is 0.419 e. The van der Waals surface area contributed by atoms with Crippen molar-refractivity contribution < 1.29 is 54.9 Å². The van der Waals surface area contributed by atoms with Crippen LogP contribution in [0.4, 0.5) is 35.1 Å². The number of rotatable bonds is 4. The van der Waals surface area contributed by atoms with E-state index in [2.05, 4.69) is 0 Å². The van der Waals surface area contributed by atoms with Gasteiger partial charge in [0.05, 0.1) is 22.3 Å². The molecule has 0 heterocycles. The van der Waals surface area contributed by atoms with Crippen molar-refractivity contribution in [1.29, 1.82) is 0 Å². The third kappa shape index (κ3) is 4.58. The Morgan fingerprint density at radius 3 is 1.17 bits per heavy atom. The summed E-state index contributed by atoms with van der Waals surface area (Å²) in [4.78, 5) is 23.2. The minimum atomic E-state index is -5.27. The molecule has 0 spiro atoms. The number of alkyl halides is 6. The van der Waals surface area contributed by atoms with Gasteiger partial charge >= 0.3 is 24.3 Å². The van der Waals surface area contributed by atoms with E-state index in [-0.39, 0.29) is 24.3 Å². The maximum absolute atomic E-state index is 13.5. The maximum atomic E-state index is 13.5. The zero-order valence-electron chi connectivity index (χ0n) is 14.2. The molecule has 0 aliphatic heterocycles. The molecule has 0 amide bonds. The summed E-state index contributed by atoms with van der Waals surface area (Å²) in [5, 5.41) is 18.7. The minimum Gasteiger partial charge on any atom is -0.478 e. The Kier molecular flexibility index (Phi) is 5.91. The lowest BCUT2D eigenvalue weighted by Crippen LogP contribution is -2.14. The Morgan fingerprint density at radius 2 is 0.933 bits per heavy atom. The van der Waals surface area contributed by atoms with Crippen LogP contribution < -0.4 is 0 Å². The summed E-state index contributed by atoms with van der Waals surface area (Å²) >= 11 is 0. The molecule has 2 aromatic carbocycles. The molecular weight excluding hydrogens is 432 g/mol. The van der Waals surface area contributed by atoms with Gasteiger partial charge in [-0.25, -0.2) is 18.4 Å². The highest BCUT2D eigenvalue weighted by Crippen LogP contribution is 2.37. The van der Waals surface area contributed by atoms with Crippen LogP contribution in [-0.2, 0) is 21.9 Å². The monoisotopic (exact) mass is 440 g/mol. The molecule has 0 aliphatic carbocycles. The Labute approximate surface area is 161 Å². The molecule has 2 N–H and O–H groups in total. The van der Waals surface area contributed by atoms with Crippen LogP contribution in [0.5, 0.6) is 0 Å². The topological polar surface area (TPSA) is 74.6 Å². The largest absolute Gasteiger partial charge is 0.478 e. The van der Waals surface area contributed by atoms with Gasteiger partial charge in [-0.05, 0) is 35.4 Å². The molecule has 2 aromatic rings. The van der Waals surface area contributed by atoms with E-state index in [1.807, 2.05) is 0 Å². The van der Waals surface area contributed by atoms with E-state index in [1.165, 1.54) is 0 Å². The van der Waals surface area contributed by atoms with Crippen molar-refractivity contribution in [3.8, 4) is 0 Å². The molecule has 0 aromatic heterocycles. The molecule has 4 nitrogen and oxygen atoms in total. The summed E-state index contributed by atoms with van der Waals surface area (Å²) in [7, 11) is 0. The number of carboxylic acids is 2. The second kappa shape index (κ2) is 7.76. The average Bonchev–Trinajstić information content (AvgIpc) is 2.58. The van der Waals surface area contributed by atoms with Gasteiger partial charge in [-0.15, -0.1) is 0 Å². The van der Waals surface area contributed by atoms with Gasteiger partial charge in [-0.3, -0.25) is 0 Å². The summed E-state index contributed by atoms with van der Waals surface area (Å²) in [6.45, 7) is 0. The normalized spacial score (nSPS) is 13.1. The van der Waals surface area contributed by atoms with Crippen LogP contribution in [0.15, 0.2) is 36.4 Å². The highest BCUT2D eigenvalue weighted by Gasteiger charge is 2.37. The molecule has 30 heavy (non-hydrogen) atoms. The predicted molar refractivity (Wildman–Crippen MR) is 84.9 cm³/mol. The molecule has 0 fully saturated rings. The van der Waals surface area contributed by atoms with E-state index >= 15 is 0 Å². The first-order valence-corrected chi connectivity index (χ1v) is 7.59. The summed E-state index contributed by atoms with van der Waals surface area (Å²) in [6, 6.07) is 1.51. The number of halogens is 8. The Balaban J connectivity index is 2.89. The van der Waals surface area contributed by atoms with Gasteiger partial charge in [0, 0.05) is 0 Å². The molecule has 2 rings (SSSR count). The highest BCUT2D eigenvalue weighted by atomic mass is 19.4. The predicted octanol–water partition coefficient (Wildman–Crippen LogP) is 5.08.